The van der Waals surface area contributed by atoms with Crippen molar-refractivity contribution in [3.8, 4) is 5.75 Å². The molecule has 19 heavy (non-hydrogen) atoms. The Bertz CT molecular complexity index is 615. The van der Waals surface area contributed by atoms with Gasteiger partial charge >= 0.3 is 0 Å². The van der Waals surface area contributed by atoms with Crippen molar-refractivity contribution in [3.05, 3.63) is 66.2 Å². The Morgan fingerprint density at radius 2 is 1.68 bits per heavy atom. The third-order valence-electron chi connectivity index (χ3n) is 2.93. The average Bonchev–Trinajstić information content (AvgIpc) is 2.43. The summed E-state index contributed by atoms with van der Waals surface area (Å²) in [5.41, 5.74) is 2.76. The number of aromatic hydroxyl groups is 1. The predicted molar refractivity (Wildman–Crippen MR) is 83.6 cm³/mol. The molecule has 0 unspecified atom stereocenters. The number of benzene rings is 2. The molecule has 2 aromatic rings. The third kappa shape index (κ3) is 2.74. The van der Waals surface area contributed by atoms with Crippen LogP contribution in [0.2, 0.25) is 0 Å². The van der Waals surface area contributed by atoms with Crippen LogP contribution in [0.3, 0.4) is 0 Å². The van der Waals surface area contributed by atoms with E-state index < -0.39 is 0 Å². The van der Waals surface area contributed by atoms with Crippen molar-refractivity contribution < 1.29 is 5.11 Å². The highest BCUT2D eigenvalue weighted by Gasteiger charge is 2.12. The van der Waals surface area contributed by atoms with Gasteiger partial charge in [-0.25, -0.2) is 0 Å². The lowest BCUT2D eigenvalue weighted by Crippen LogP contribution is -1.90. The number of rotatable bonds is 4. The second kappa shape index (κ2) is 5.81. The van der Waals surface area contributed by atoms with Crippen LogP contribution in [-0.4, -0.2) is 5.11 Å². The molecule has 0 fully saturated rings. The molecule has 0 aliphatic heterocycles. The van der Waals surface area contributed by atoms with Crippen molar-refractivity contribution in [2.45, 2.75) is 16.7 Å². The van der Waals surface area contributed by atoms with E-state index in [0.29, 0.717) is 0 Å². The van der Waals surface area contributed by atoms with Gasteiger partial charge in [0.25, 0.3) is 0 Å². The average molecular weight is 268 g/mol. The molecule has 0 spiro atoms. The van der Waals surface area contributed by atoms with Gasteiger partial charge in [0.15, 0.2) is 0 Å². The van der Waals surface area contributed by atoms with Crippen LogP contribution in [0, 0.1) is 6.92 Å². The number of hydrogen-bond acceptors (Lipinski definition) is 2. The number of phenols is 1. The van der Waals surface area contributed by atoms with E-state index in [1.54, 1.807) is 23.9 Å². The summed E-state index contributed by atoms with van der Waals surface area (Å²) in [6.45, 7) is 9.57. The largest absolute Gasteiger partial charge is 0.506 e. The molecule has 0 atom stereocenters. The molecule has 0 bridgehead atoms. The maximum absolute atomic E-state index is 10.3. The number of hydrogen-bond donors (Lipinski definition) is 1. The molecular formula is C17H16OS. The highest BCUT2D eigenvalue weighted by atomic mass is 32.2. The van der Waals surface area contributed by atoms with Crippen molar-refractivity contribution in [2.24, 2.45) is 0 Å². The highest BCUT2D eigenvalue weighted by Crippen LogP contribution is 2.40. The van der Waals surface area contributed by atoms with Crippen LogP contribution in [0.5, 0.6) is 5.75 Å². The second-order valence-corrected chi connectivity index (χ2v) is 5.31. The lowest BCUT2D eigenvalue weighted by Gasteiger charge is -2.13. The Morgan fingerprint density at radius 1 is 1.05 bits per heavy atom. The molecular weight excluding hydrogens is 252 g/mol. The van der Waals surface area contributed by atoms with Crippen molar-refractivity contribution in [1.82, 2.24) is 0 Å². The monoisotopic (exact) mass is 268 g/mol. The zero-order valence-corrected chi connectivity index (χ0v) is 11.7. The summed E-state index contributed by atoms with van der Waals surface area (Å²) in [5.74, 6) is 0.268. The van der Waals surface area contributed by atoms with Gasteiger partial charge in [-0.05, 0) is 36.2 Å². The van der Waals surface area contributed by atoms with Crippen LogP contribution < -0.4 is 0 Å². The minimum Gasteiger partial charge on any atom is -0.506 e. The Kier molecular flexibility index (Phi) is 4.13. The molecule has 0 heterocycles. The van der Waals surface area contributed by atoms with Crippen LogP contribution in [0.1, 0.15) is 16.7 Å². The van der Waals surface area contributed by atoms with Gasteiger partial charge in [0.2, 0.25) is 0 Å². The SMILES string of the molecule is C=Cc1c(C)cc(Sc2ccccc2)c(O)c1C=C. The first-order valence-electron chi connectivity index (χ1n) is 6.01. The van der Waals surface area contributed by atoms with Crippen LogP contribution in [0.4, 0.5) is 0 Å². The summed E-state index contributed by atoms with van der Waals surface area (Å²) in [7, 11) is 0. The zero-order valence-electron chi connectivity index (χ0n) is 10.9. The molecule has 2 heteroatoms. The smallest absolute Gasteiger partial charge is 0.137 e. The summed E-state index contributed by atoms with van der Waals surface area (Å²) in [5, 5.41) is 10.3. The summed E-state index contributed by atoms with van der Waals surface area (Å²) < 4.78 is 0. The van der Waals surface area contributed by atoms with Gasteiger partial charge in [0, 0.05) is 10.5 Å². The minimum absolute atomic E-state index is 0.268. The third-order valence-corrected chi connectivity index (χ3v) is 3.97. The Balaban J connectivity index is 2.50. The van der Waals surface area contributed by atoms with Gasteiger partial charge in [-0.15, -0.1) is 0 Å². The topological polar surface area (TPSA) is 20.2 Å². The van der Waals surface area contributed by atoms with Crippen LogP contribution >= 0.6 is 11.8 Å². The Hall–Kier alpha value is -1.93. The van der Waals surface area contributed by atoms with Crippen molar-refractivity contribution in [1.29, 1.82) is 0 Å². The minimum atomic E-state index is 0.268. The lowest BCUT2D eigenvalue weighted by molar-refractivity contribution is 0.461. The summed E-state index contributed by atoms with van der Waals surface area (Å²) in [6.07, 6.45) is 3.43. The van der Waals surface area contributed by atoms with Gasteiger partial charge in [0.05, 0.1) is 4.90 Å². The quantitative estimate of drug-likeness (QED) is 0.828. The van der Waals surface area contributed by atoms with E-state index in [1.807, 2.05) is 43.3 Å². The predicted octanol–water partition coefficient (Wildman–Crippen LogP) is 5.14. The van der Waals surface area contributed by atoms with E-state index in [4.69, 9.17) is 0 Å². The van der Waals surface area contributed by atoms with E-state index in [-0.39, 0.29) is 5.75 Å². The van der Waals surface area contributed by atoms with Crippen LogP contribution in [-0.2, 0) is 0 Å². The fourth-order valence-corrected chi connectivity index (χ4v) is 2.98. The number of aryl methyl sites for hydroxylation is 1. The molecule has 0 aliphatic carbocycles. The van der Waals surface area contributed by atoms with Gasteiger partial charge < -0.3 is 5.11 Å². The first kappa shape index (κ1) is 13.5. The lowest BCUT2D eigenvalue weighted by atomic mass is 10.0. The van der Waals surface area contributed by atoms with Crippen molar-refractivity contribution >= 4 is 23.9 Å². The molecule has 0 aromatic heterocycles. The van der Waals surface area contributed by atoms with Gasteiger partial charge in [-0.3, -0.25) is 0 Å². The van der Waals surface area contributed by atoms with Crippen molar-refractivity contribution in [3.63, 3.8) is 0 Å². The molecule has 1 nitrogen and oxygen atoms in total. The van der Waals surface area contributed by atoms with E-state index >= 15 is 0 Å². The van der Waals surface area contributed by atoms with Gasteiger partial charge in [-0.2, -0.15) is 0 Å². The molecule has 0 saturated carbocycles. The standard InChI is InChI=1S/C17H16OS/c1-4-14-12(3)11-16(17(18)15(14)5-2)19-13-9-7-6-8-10-13/h4-11,18H,1-2H2,3H3. The fraction of sp³-hybridized carbons (Fsp3) is 0.0588. The normalized spacial score (nSPS) is 10.2. The molecule has 0 saturated heterocycles. The summed E-state index contributed by atoms with van der Waals surface area (Å²) in [4.78, 5) is 1.93. The van der Waals surface area contributed by atoms with E-state index in [9.17, 15) is 5.11 Å². The molecule has 0 radical (unpaired) electrons. The highest BCUT2D eigenvalue weighted by molar-refractivity contribution is 7.99. The molecule has 2 rings (SSSR count). The first-order valence-corrected chi connectivity index (χ1v) is 6.83. The second-order valence-electron chi connectivity index (χ2n) is 4.19. The molecule has 0 amide bonds. The molecule has 2 aromatic carbocycles. The van der Waals surface area contributed by atoms with Crippen LogP contribution in [0.25, 0.3) is 12.2 Å². The van der Waals surface area contributed by atoms with Gasteiger partial charge in [0.1, 0.15) is 5.75 Å². The maximum Gasteiger partial charge on any atom is 0.137 e. The van der Waals surface area contributed by atoms with Crippen molar-refractivity contribution in [2.75, 3.05) is 0 Å². The first-order chi connectivity index (χ1) is 9.17. The Morgan fingerprint density at radius 3 is 2.26 bits per heavy atom. The van der Waals surface area contributed by atoms with E-state index in [0.717, 1.165) is 26.5 Å². The molecule has 0 aliphatic rings. The zero-order chi connectivity index (χ0) is 13.8. The Labute approximate surface area is 118 Å². The number of phenolic OH excluding ortho intramolecular Hbond substituents is 1. The van der Waals surface area contributed by atoms with E-state index in [2.05, 4.69) is 13.2 Å². The maximum atomic E-state index is 10.3. The van der Waals surface area contributed by atoms with Gasteiger partial charge in [-0.1, -0.05) is 55.3 Å². The molecule has 96 valence electrons. The van der Waals surface area contributed by atoms with Crippen LogP contribution in [0.15, 0.2) is 59.3 Å². The van der Waals surface area contributed by atoms with E-state index in [1.165, 1.54) is 0 Å². The fourth-order valence-electron chi connectivity index (χ4n) is 1.99. The summed E-state index contributed by atoms with van der Waals surface area (Å²) in [6, 6.07) is 12.0. The summed E-state index contributed by atoms with van der Waals surface area (Å²) >= 11 is 1.55. The molecule has 1 N–H and O–H groups in total.